The smallest absolute Gasteiger partial charge is 0.343 e. The molecule has 1 aliphatic rings. The van der Waals surface area contributed by atoms with Crippen LogP contribution in [0.3, 0.4) is 0 Å². The normalized spacial score (nSPS) is 22.0. The number of rotatable bonds is 2. The number of nitrogens with one attached hydrogen (secondary N) is 1. The van der Waals surface area contributed by atoms with Crippen molar-refractivity contribution in [2.75, 3.05) is 13.1 Å². The molecule has 0 aromatic rings. The molecule has 2 amide bonds. The Morgan fingerprint density at radius 3 is 2.60 bits per heavy atom. The van der Waals surface area contributed by atoms with E-state index in [-0.39, 0.29) is 18.9 Å². The van der Waals surface area contributed by atoms with Crippen molar-refractivity contribution >= 4 is 11.8 Å². The molecule has 15 heavy (non-hydrogen) atoms. The highest BCUT2D eigenvalue weighted by molar-refractivity contribution is 5.84. The van der Waals surface area contributed by atoms with E-state index in [2.05, 4.69) is 0 Å². The van der Waals surface area contributed by atoms with E-state index in [0.717, 1.165) is 0 Å². The van der Waals surface area contributed by atoms with E-state index in [0.29, 0.717) is 6.54 Å². The summed E-state index contributed by atoms with van der Waals surface area (Å²) in [4.78, 5) is 23.1. The van der Waals surface area contributed by atoms with Gasteiger partial charge in [-0.25, -0.2) is 0 Å². The van der Waals surface area contributed by atoms with Crippen LogP contribution in [0.2, 0.25) is 0 Å². The van der Waals surface area contributed by atoms with Gasteiger partial charge in [0.2, 0.25) is 5.91 Å². The largest absolute Gasteiger partial charge is 0.471 e. The van der Waals surface area contributed by atoms with Crippen LogP contribution in [0.15, 0.2) is 0 Å². The Morgan fingerprint density at radius 2 is 2.20 bits per heavy atom. The fraction of sp³-hybridized carbons (Fsp3) is 0.750. The number of carbonyl (C=O) groups excluding carboxylic acids is 2. The summed E-state index contributed by atoms with van der Waals surface area (Å²) in [5, 5.41) is 1.79. The molecule has 1 heterocycles. The first-order valence-electron chi connectivity index (χ1n) is 4.50. The van der Waals surface area contributed by atoms with E-state index in [1.165, 1.54) is 4.90 Å². The molecule has 1 unspecified atom stereocenters. The molecule has 0 spiro atoms. The molecule has 0 aromatic heterocycles. The number of hydrogen-bond donors (Lipinski definition) is 1. The first-order chi connectivity index (χ1) is 6.84. The molecular weight excluding hydrogens is 213 g/mol. The maximum absolute atomic E-state index is 11.9. The molecule has 0 saturated carbocycles. The maximum Gasteiger partial charge on any atom is 0.471 e. The molecular formula is C8H11F3N2O2. The highest BCUT2D eigenvalue weighted by Gasteiger charge is 2.41. The van der Waals surface area contributed by atoms with Crippen molar-refractivity contribution in [1.29, 1.82) is 0 Å². The lowest BCUT2D eigenvalue weighted by molar-refractivity contribution is -0.174. The first-order valence-corrected chi connectivity index (χ1v) is 4.50. The van der Waals surface area contributed by atoms with Crippen LogP contribution in [0.25, 0.3) is 0 Å². The van der Waals surface area contributed by atoms with Crippen LogP contribution in [0.4, 0.5) is 13.2 Å². The average molecular weight is 224 g/mol. The van der Waals surface area contributed by atoms with Gasteiger partial charge in [0.1, 0.15) is 0 Å². The number of likely N-dealkylation sites (N-methyl/N-ethyl adjacent to an activating group) is 1. The summed E-state index contributed by atoms with van der Waals surface area (Å²) in [6.07, 6.45) is -4.95. The van der Waals surface area contributed by atoms with Gasteiger partial charge >= 0.3 is 12.1 Å². The van der Waals surface area contributed by atoms with Gasteiger partial charge in [0.25, 0.3) is 0 Å². The lowest BCUT2D eigenvalue weighted by Crippen LogP contribution is -2.44. The number of amides is 2. The first kappa shape index (κ1) is 11.8. The van der Waals surface area contributed by atoms with Crippen molar-refractivity contribution < 1.29 is 22.8 Å². The van der Waals surface area contributed by atoms with E-state index in [9.17, 15) is 22.8 Å². The van der Waals surface area contributed by atoms with Gasteiger partial charge in [-0.15, -0.1) is 0 Å². The van der Waals surface area contributed by atoms with Crippen LogP contribution < -0.4 is 5.32 Å². The van der Waals surface area contributed by atoms with Crippen molar-refractivity contribution in [1.82, 2.24) is 10.2 Å². The second-order valence-corrected chi connectivity index (χ2v) is 3.30. The molecule has 1 fully saturated rings. The standard InChI is InChI=1S/C8H11F3N2O2/c1-2-13-4-5(3-6(13)14)12-7(15)8(9,10)11/h5H,2-4H2,1H3,(H,12,15). The SMILES string of the molecule is CCN1CC(NC(=O)C(F)(F)F)CC1=O. The minimum atomic E-state index is -4.89. The highest BCUT2D eigenvalue weighted by Crippen LogP contribution is 2.17. The minimum Gasteiger partial charge on any atom is -0.343 e. The number of carbonyl (C=O) groups is 2. The molecule has 7 heteroatoms. The minimum absolute atomic E-state index is 0.0599. The van der Waals surface area contributed by atoms with Crippen molar-refractivity contribution in [2.24, 2.45) is 0 Å². The summed E-state index contributed by atoms with van der Waals surface area (Å²) in [6, 6.07) is -0.730. The number of hydrogen-bond acceptors (Lipinski definition) is 2. The Morgan fingerprint density at radius 1 is 1.60 bits per heavy atom. The molecule has 0 radical (unpaired) electrons. The monoisotopic (exact) mass is 224 g/mol. The van der Waals surface area contributed by atoms with E-state index in [1.807, 2.05) is 0 Å². The number of likely N-dealkylation sites (tertiary alicyclic amines) is 1. The van der Waals surface area contributed by atoms with Crippen LogP contribution in [-0.2, 0) is 9.59 Å². The lowest BCUT2D eigenvalue weighted by atomic mass is 10.2. The van der Waals surface area contributed by atoms with Crippen LogP contribution in [-0.4, -0.2) is 42.0 Å². The van der Waals surface area contributed by atoms with E-state index < -0.39 is 18.1 Å². The summed E-state index contributed by atoms with van der Waals surface area (Å²) >= 11 is 0. The molecule has 0 bridgehead atoms. The number of halogens is 3. The molecule has 1 atom stereocenters. The Bertz CT molecular complexity index is 278. The summed E-state index contributed by atoms with van der Waals surface area (Å²) in [5.74, 6) is -2.22. The van der Waals surface area contributed by atoms with Crippen LogP contribution in [0, 0.1) is 0 Å². The molecule has 0 aromatic carbocycles. The average Bonchev–Trinajstić information content (AvgIpc) is 2.44. The van der Waals surface area contributed by atoms with Crippen molar-refractivity contribution in [3.63, 3.8) is 0 Å². The third-order valence-electron chi connectivity index (χ3n) is 2.19. The molecule has 1 saturated heterocycles. The number of alkyl halides is 3. The Balaban J connectivity index is 2.49. The maximum atomic E-state index is 11.9. The molecule has 0 aliphatic carbocycles. The molecule has 1 rings (SSSR count). The zero-order valence-corrected chi connectivity index (χ0v) is 8.10. The van der Waals surface area contributed by atoms with Crippen molar-refractivity contribution in [2.45, 2.75) is 25.6 Å². The summed E-state index contributed by atoms with van der Waals surface area (Å²) in [6.45, 7) is 2.32. The molecule has 86 valence electrons. The number of nitrogens with zero attached hydrogens (tertiary/aromatic N) is 1. The predicted octanol–water partition coefficient (Wildman–Crippen LogP) is 0.286. The zero-order valence-electron chi connectivity index (χ0n) is 8.10. The van der Waals surface area contributed by atoms with Crippen molar-refractivity contribution in [3.8, 4) is 0 Å². The predicted molar refractivity (Wildman–Crippen MR) is 44.9 cm³/mol. The van der Waals surface area contributed by atoms with Gasteiger partial charge in [-0.3, -0.25) is 9.59 Å². The molecule has 4 nitrogen and oxygen atoms in total. The second kappa shape index (κ2) is 4.08. The third-order valence-corrected chi connectivity index (χ3v) is 2.19. The fourth-order valence-corrected chi connectivity index (χ4v) is 1.44. The fourth-order valence-electron chi connectivity index (χ4n) is 1.44. The highest BCUT2D eigenvalue weighted by atomic mass is 19.4. The topological polar surface area (TPSA) is 49.4 Å². The van der Waals surface area contributed by atoms with Gasteiger partial charge in [0.05, 0.1) is 6.04 Å². The van der Waals surface area contributed by atoms with Crippen LogP contribution in [0.5, 0.6) is 0 Å². The van der Waals surface area contributed by atoms with Gasteiger partial charge in [-0.05, 0) is 6.92 Å². The van der Waals surface area contributed by atoms with Gasteiger partial charge in [-0.2, -0.15) is 13.2 Å². The lowest BCUT2D eigenvalue weighted by Gasteiger charge is -2.15. The molecule has 1 N–H and O–H groups in total. The van der Waals surface area contributed by atoms with E-state index in [4.69, 9.17) is 0 Å². The van der Waals surface area contributed by atoms with Crippen molar-refractivity contribution in [3.05, 3.63) is 0 Å². The quantitative estimate of drug-likeness (QED) is 0.732. The van der Waals surface area contributed by atoms with Crippen LogP contribution in [0.1, 0.15) is 13.3 Å². The van der Waals surface area contributed by atoms with Gasteiger partial charge in [0.15, 0.2) is 0 Å². The van der Waals surface area contributed by atoms with Crippen LogP contribution >= 0.6 is 0 Å². The summed E-state index contributed by atoms with van der Waals surface area (Å²) in [5.41, 5.74) is 0. The molecule has 1 aliphatic heterocycles. The third kappa shape index (κ3) is 2.84. The van der Waals surface area contributed by atoms with E-state index in [1.54, 1.807) is 12.2 Å². The van der Waals surface area contributed by atoms with Gasteiger partial charge in [-0.1, -0.05) is 0 Å². The Hall–Kier alpha value is -1.27. The van der Waals surface area contributed by atoms with Gasteiger partial charge in [0, 0.05) is 19.5 Å². The zero-order chi connectivity index (χ0) is 11.6. The Labute approximate surface area is 84.4 Å². The van der Waals surface area contributed by atoms with Gasteiger partial charge < -0.3 is 10.2 Å². The second-order valence-electron chi connectivity index (χ2n) is 3.30. The van der Waals surface area contributed by atoms with E-state index >= 15 is 0 Å². The summed E-state index contributed by atoms with van der Waals surface area (Å²) < 4.78 is 35.6. The summed E-state index contributed by atoms with van der Waals surface area (Å²) in [7, 11) is 0. The Kier molecular flexibility index (Phi) is 3.21.